The number of para-hydroxylation sites is 2. The number of thiazole rings is 1. The van der Waals surface area contributed by atoms with Crippen molar-refractivity contribution < 1.29 is 32.9 Å². The molecule has 2 atom stereocenters. The second-order valence-corrected chi connectivity index (χ2v) is 16.7. The molecule has 0 aliphatic heterocycles. The SMILES string of the molecule is CC(C)(C)NCC(O)CSc1nc(-c2ccc(C(N)=O)s2)cs1.COc1ccccc1OCCNCC(O)c1ccc(C)c(S(N)(=O)=O)c1. The topological polar surface area (TPSA) is 199 Å². The van der Waals surface area contributed by atoms with E-state index < -0.39 is 28.1 Å². The number of aliphatic hydroxyl groups is 2. The molecule has 0 aliphatic carbocycles. The summed E-state index contributed by atoms with van der Waals surface area (Å²) >= 11 is 4.42. The van der Waals surface area contributed by atoms with Gasteiger partial charge in [0, 0.05) is 36.3 Å². The van der Waals surface area contributed by atoms with Gasteiger partial charge in [0.1, 0.15) is 6.61 Å². The number of ether oxygens (including phenoxy) is 2. The molecule has 16 heteroatoms. The third-order valence-electron chi connectivity index (χ3n) is 6.70. The molecule has 0 bridgehead atoms. The average molecular weight is 752 g/mol. The number of aromatic nitrogens is 1. The number of carbonyl (C=O) groups excluding carboxylic acids is 1. The van der Waals surface area contributed by atoms with Crippen LogP contribution >= 0.6 is 34.4 Å². The number of β-amino-alcohol motifs (C(OH)–C–C–N with tert-alkyl or cyclic N) is 1. The largest absolute Gasteiger partial charge is 0.493 e. The van der Waals surface area contributed by atoms with E-state index in [9.17, 15) is 23.4 Å². The summed E-state index contributed by atoms with van der Waals surface area (Å²) in [6.45, 7) is 9.57. The predicted molar refractivity (Wildman–Crippen MR) is 197 cm³/mol. The fourth-order valence-electron chi connectivity index (χ4n) is 4.15. The lowest BCUT2D eigenvalue weighted by Gasteiger charge is -2.22. The number of aliphatic hydroxyl groups excluding tert-OH is 2. The predicted octanol–water partition coefficient (Wildman–Crippen LogP) is 4.16. The molecule has 49 heavy (non-hydrogen) atoms. The van der Waals surface area contributed by atoms with Gasteiger partial charge in [0.05, 0.1) is 39.7 Å². The van der Waals surface area contributed by atoms with Crippen molar-refractivity contribution in [1.82, 2.24) is 15.6 Å². The summed E-state index contributed by atoms with van der Waals surface area (Å²) in [7, 11) is -2.24. The molecule has 2 aromatic carbocycles. The number of thioether (sulfide) groups is 1. The average Bonchev–Trinajstić information content (AvgIpc) is 3.73. The Hall–Kier alpha value is -3.06. The van der Waals surface area contributed by atoms with Crippen LogP contribution in [0.1, 0.15) is 47.7 Å². The number of hydrogen-bond acceptors (Lipinski definition) is 13. The van der Waals surface area contributed by atoms with E-state index in [1.54, 1.807) is 32.2 Å². The van der Waals surface area contributed by atoms with Crippen LogP contribution in [0.5, 0.6) is 11.5 Å². The summed E-state index contributed by atoms with van der Waals surface area (Å²) in [5.41, 5.74) is 7.14. The van der Waals surface area contributed by atoms with Crippen LogP contribution in [-0.2, 0) is 10.0 Å². The maximum Gasteiger partial charge on any atom is 0.258 e. The number of amides is 1. The standard InChI is InChI=1S/C18H24N2O5S.C15H21N3O2S3/c1-13-7-8-14(11-18(13)26(19,22)23)15(21)12-20-9-10-25-17-6-4-3-5-16(17)24-2;1-15(2,3)17-6-9(19)7-21-14-18-10(8-22-14)11-4-5-12(23-11)13(16)20/h3-8,11,15,20-21H,9-10,12H2,1-2H3,(H2,19,22,23);4-5,8-9,17,19H,6-7H2,1-3H3,(H2,16,20). The van der Waals surface area contributed by atoms with Crippen molar-refractivity contribution in [3.63, 3.8) is 0 Å². The highest BCUT2D eigenvalue weighted by Crippen LogP contribution is 2.32. The number of methoxy groups -OCH3 is 1. The summed E-state index contributed by atoms with van der Waals surface area (Å²) in [5, 5.41) is 33.7. The van der Waals surface area contributed by atoms with Crippen molar-refractivity contribution in [3.05, 3.63) is 76.0 Å². The van der Waals surface area contributed by atoms with Gasteiger partial charge in [0.15, 0.2) is 15.8 Å². The smallest absolute Gasteiger partial charge is 0.258 e. The lowest BCUT2D eigenvalue weighted by atomic mass is 10.1. The van der Waals surface area contributed by atoms with Crippen LogP contribution in [0.25, 0.3) is 10.6 Å². The van der Waals surface area contributed by atoms with Crippen molar-refractivity contribution in [3.8, 4) is 22.1 Å². The Morgan fingerprint density at radius 1 is 1.08 bits per heavy atom. The van der Waals surface area contributed by atoms with Crippen LogP contribution < -0.4 is 31.0 Å². The highest BCUT2D eigenvalue weighted by Gasteiger charge is 2.17. The molecule has 12 nitrogen and oxygen atoms in total. The van der Waals surface area contributed by atoms with Gasteiger partial charge in [-0.15, -0.1) is 22.7 Å². The number of hydrogen-bond donors (Lipinski definition) is 6. The maximum absolute atomic E-state index is 11.6. The maximum atomic E-state index is 11.6. The first-order valence-corrected chi connectivity index (χ1v) is 19.5. The molecule has 268 valence electrons. The number of rotatable bonds is 16. The number of carbonyl (C=O) groups is 1. The first kappa shape index (κ1) is 40.4. The van der Waals surface area contributed by atoms with E-state index in [4.69, 9.17) is 20.3 Å². The molecule has 0 saturated carbocycles. The minimum absolute atomic E-state index is 0.00268. The Morgan fingerprint density at radius 2 is 1.80 bits per heavy atom. The lowest BCUT2D eigenvalue weighted by molar-refractivity contribution is 0.100. The Kier molecular flexibility index (Phi) is 15.5. The first-order chi connectivity index (χ1) is 23.1. The monoisotopic (exact) mass is 751 g/mol. The van der Waals surface area contributed by atoms with Gasteiger partial charge in [0.2, 0.25) is 10.0 Å². The molecule has 0 aliphatic rings. The van der Waals surface area contributed by atoms with Gasteiger partial charge >= 0.3 is 0 Å². The molecule has 0 fully saturated rings. The highest BCUT2D eigenvalue weighted by molar-refractivity contribution is 8.01. The van der Waals surface area contributed by atoms with E-state index >= 15 is 0 Å². The number of nitrogens with one attached hydrogen (secondary N) is 2. The van der Waals surface area contributed by atoms with E-state index in [1.807, 2.05) is 35.7 Å². The van der Waals surface area contributed by atoms with Crippen LogP contribution in [0.2, 0.25) is 0 Å². The fraction of sp³-hybridized carbons (Fsp3) is 0.394. The molecule has 1 amide bonds. The molecular formula is C33H45N5O7S4. The molecule has 2 heterocycles. The summed E-state index contributed by atoms with van der Waals surface area (Å²) in [4.78, 5) is 17.2. The number of benzene rings is 2. The van der Waals surface area contributed by atoms with E-state index in [-0.39, 0.29) is 17.0 Å². The van der Waals surface area contributed by atoms with E-state index in [0.29, 0.717) is 53.0 Å². The van der Waals surface area contributed by atoms with Gasteiger partial charge in [0.25, 0.3) is 5.91 Å². The van der Waals surface area contributed by atoms with E-state index in [0.717, 1.165) is 14.9 Å². The van der Waals surface area contributed by atoms with Crippen LogP contribution in [0.4, 0.5) is 0 Å². The minimum Gasteiger partial charge on any atom is -0.493 e. The van der Waals surface area contributed by atoms with Crippen molar-refractivity contribution >= 4 is 50.4 Å². The van der Waals surface area contributed by atoms with E-state index in [2.05, 4.69) is 36.4 Å². The zero-order valence-electron chi connectivity index (χ0n) is 28.1. The fourth-order valence-corrected chi connectivity index (χ4v) is 7.64. The van der Waals surface area contributed by atoms with Crippen molar-refractivity contribution in [2.45, 2.75) is 54.7 Å². The molecule has 0 spiro atoms. The quantitative estimate of drug-likeness (QED) is 0.0710. The van der Waals surface area contributed by atoms with Crippen LogP contribution in [-0.4, -0.2) is 80.3 Å². The van der Waals surface area contributed by atoms with Crippen LogP contribution in [0, 0.1) is 6.92 Å². The Morgan fingerprint density at radius 3 is 2.43 bits per heavy atom. The summed E-state index contributed by atoms with van der Waals surface area (Å²) in [6.07, 6.45) is -1.28. The molecule has 0 saturated heterocycles. The Labute approximate surface area is 300 Å². The molecule has 2 aromatic heterocycles. The highest BCUT2D eigenvalue weighted by atomic mass is 32.2. The van der Waals surface area contributed by atoms with Crippen molar-refractivity contribution in [2.24, 2.45) is 10.9 Å². The van der Waals surface area contributed by atoms with Gasteiger partial charge in [-0.1, -0.05) is 36.0 Å². The normalized spacial score (nSPS) is 12.9. The molecule has 8 N–H and O–H groups in total. The van der Waals surface area contributed by atoms with Crippen LogP contribution in [0.15, 0.2) is 69.2 Å². The molecule has 4 aromatic rings. The summed E-state index contributed by atoms with van der Waals surface area (Å²) in [6, 6.07) is 15.6. The number of primary amides is 1. The Bertz CT molecular complexity index is 1760. The van der Waals surface area contributed by atoms with Gasteiger partial charge in [-0.3, -0.25) is 4.79 Å². The minimum atomic E-state index is -3.82. The number of sulfonamides is 1. The van der Waals surface area contributed by atoms with Gasteiger partial charge < -0.3 is 36.1 Å². The third-order valence-corrected chi connectivity index (χ3v) is 11.0. The summed E-state index contributed by atoms with van der Waals surface area (Å²) in [5.74, 6) is 1.48. The summed E-state index contributed by atoms with van der Waals surface area (Å²) < 4.78 is 34.9. The number of nitrogens with zero attached hydrogens (tertiary/aromatic N) is 1. The Balaban J connectivity index is 0.000000267. The second-order valence-electron chi connectivity index (χ2n) is 11.9. The van der Waals surface area contributed by atoms with Gasteiger partial charge in [-0.25, -0.2) is 18.5 Å². The third kappa shape index (κ3) is 13.6. The van der Waals surface area contributed by atoms with Crippen LogP contribution in [0.3, 0.4) is 0 Å². The molecule has 0 radical (unpaired) electrons. The van der Waals surface area contributed by atoms with E-state index in [1.165, 1.54) is 40.5 Å². The van der Waals surface area contributed by atoms with Gasteiger partial charge in [-0.2, -0.15) is 0 Å². The number of primary sulfonamides is 1. The second kappa shape index (κ2) is 18.8. The van der Waals surface area contributed by atoms with Crippen molar-refractivity contribution in [2.75, 3.05) is 39.1 Å². The molecular weight excluding hydrogens is 707 g/mol. The number of thiophene rings is 1. The number of aryl methyl sites for hydroxylation is 1. The lowest BCUT2D eigenvalue weighted by Crippen LogP contribution is -2.41. The molecule has 4 rings (SSSR count). The first-order valence-electron chi connectivity index (χ1n) is 15.3. The zero-order chi connectivity index (χ0) is 36.2. The van der Waals surface area contributed by atoms with Gasteiger partial charge in [-0.05, 0) is 69.2 Å². The molecule has 2 unspecified atom stereocenters. The number of nitrogens with two attached hydrogens (primary N) is 2. The van der Waals surface area contributed by atoms with Crippen molar-refractivity contribution in [1.29, 1.82) is 0 Å². The zero-order valence-corrected chi connectivity index (χ0v) is 31.4.